The lowest BCUT2D eigenvalue weighted by atomic mass is 10.2. The van der Waals surface area contributed by atoms with Crippen LogP contribution in [0.5, 0.6) is 5.75 Å². The minimum Gasteiger partial charge on any atom is -0.507 e. The number of thiocarbonyl (C=S) groups is 1. The predicted molar refractivity (Wildman–Crippen MR) is 85.2 cm³/mol. The van der Waals surface area contributed by atoms with Crippen molar-refractivity contribution in [2.24, 2.45) is 0 Å². The molecule has 0 fully saturated rings. The molecule has 114 valence electrons. The maximum absolute atomic E-state index is 11.8. The van der Waals surface area contributed by atoms with Crippen molar-refractivity contribution in [3.8, 4) is 5.75 Å². The third-order valence-electron chi connectivity index (χ3n) is 2.46. The van der Waals surface area contributed by atoms with E-state index in [1.165, 1.54) is 18.2 Å². The Labute approximate surface area is 138 Å². The summed E-state index contributed by atoms with van der Waals surface area (Å²) in [5.41, 5.74) is 4.68. The Morgan fingerprint density at radius 3 is 2.45 bits per heavy atom. The predicted octanol–water partition coefficient (Wildman–Crippen LogP) is 1.70. The van der Waals surface area contributed by atoms with Gasteiger partial charge in [0.05, 0.1) is 5.56 Å². The number of hydrogen-bond donors (Lipinski definition) is 4. The fourth-order valence-corrected chi connectivity index (χ4v) is 1.93. The molecule has 0 aliphatic rings. The van der Waals surface area contributed by atoms with Crippen LogP contribution in [0.4, 0.5) is 0 Å². The lowest BCUT2D eigenvalue weighted by Gasteiger charge is -2.10. The highest BCUT2D eigenvalue weighted by atomic mass is 79.9. The van der Waals surface area contributed by atoms with Gasteiger partial charge in [-0.3, -0.25) is 25.8 Å². The number of halogens is 1. The van der Waals surface area contributed by atoms with E-state index in [-0.39, 0.29) is 22.2 Å². The Morgan fingerprint density at radius 1 is 1.09 bits per heavy atom. The Kier molecular flexibility index (Phi) is 5.12. The van der Waals surface area contributed by atoms with E-state index < -0.39 is 11.8 Å². The van der Waals surface area contributed by atoms with Crippen molar-refractivity contribution >= 4 is 45.1 Å². The van der Waals surface area contributed by atoms with Crippen molar-refractivity contribution in [2.75, 3.05) is 0 Å². The normalized spacial score (nSPS) is 9.86. The van der Waals surface area contributed by atoms with Crippen LogP contribution in [0.3, 0.4) is 0 Å². The van der Waals surface area contributed by atoms with Crippen LogP contribution in [-0.4, -0.2) is 22.0 Å². The minimum absolute atomic E-state index is 0.0584. The second-order valence-corrected chi connectivity index (χ2v) is 5.17. The highest BCUT2D eigenvalue weighted by molar-refractivity contribution is 9.10. The van der Waals surface area contributed by atoms with Gasteiger partial charge >= 0.3 is 0 Å². The summed E-state index contributed by atoms with van der Waals surface area (Å²) in [5.74, 6) is -1.28. The van der Waals surface area contributed by atoms with E-state index in [1.807, 2.05) is 0 Å². The summed E-state index contributed by atoms with van der Waals surface area (Å²) in [4.78, 5) is 23.5. The standard InChI is InChI=1S/C13H10BrN3O4S/c14-10-6-5-9(21-10)12(20)15-13(22)17-16-11(19)7-3-1-2-4-8(7)18/h1-6,18H,(H,16,19)(H2,15,17,20,22). The molecule has 0 atom stereocenters. The van der Waals surface area contributed by atoms with Gasteiger partial charge in [0.1, 0.15) is 5.75 Å². The van der Waals surface area contributed by atoms with Gasteiger partial charge in [-0.25, -0.2) is 0 Å². The average molecular weight is 384 g/mol. The SMILES string of the molecule is O=C(NC(=S)NNC(=O)c1ccccc1O)c1ccc(Br)o1. The highest BCUT2D eigenvalue weighted by Crippen LogP contribution is 2.15. The molecule has 0 spiro atoms. The van der Waals surface area contributed by atoms with Gasteiger partial charge < -0.3 is 9.52 Å². The quantitative estimate of drug-likeness (QED) is 0.464. The highest BCUT2D eigenvalue weighted by Gasteiger charge is 2.13. The molecule has 9 heteroatoms. The summed E-state index contributed by atoms with van der Waals surface area (Å²) in [5, 5.41) is 11.7. The Bertz CT molecular complexity index is 732. The molecule has 7 nitrogen and oxygen atoms in total. The second kappa shape index (κ2) is 7.05. The van der Waals surface area contributed by atoms with Gasteiger partial charge in [0, 0.05) is 0 Å². The van der Waals surface area contributed by atoms with E-state index in [1.54, 1.807) is 18.2 Å². The number of furan rings is 1. The van der Waals surface area contributed by atoms with Crippen molar-refractivity contribution < 1.29 is 19.1 Å². The number of benzene rings is 1. The summed E-state index contributed by atoms with van der Waals surface area (Å²) < 4.78 is 5.46. The van der Waals surface area contributed by atoms with Crippen LogP contribution in [0.15, 0.2) is 45.5 Å². The minimum atomic E-state index is -0.601. The molecule has 1 heterocycles. The molecule has 0 saturated heterocycles. The van der Waals surface area contributed by atoms with Gasteiger partial charge in [0.15, 0.2) is 15.5 Å². The van der Waals surface area contributed by atoms with Crippen LogP contribution in [-0.2, 0) is 0 Å². The number of para-hydroxylation sites is 1. The molecule has 0 radical (unpaired) electrons. The molecule has 0 unspecified atom stereocenters. The zero-order valence-electron chi connectivity index (χ0n) is 10.9. The van der Waals surface area contributed by atoms with Crippen LogP contribution < -0.4 is 16.2 Å². The third-order valence-corrected chi connectivity index (χ3v) is 3.09. The van der Waals surface area contributed by atoms with Gasteiger partial charge in [0.2, 0.25) is 0 Å². The van der Waals surface area contributed by atoms with Crippen LogP contribution in [0.1, 0.15) is 20.9 Å². The first kappa shape index (κ1) is 16.0. The smallest absolute Gasteiger partial charge is 0.293 e. The van der Waals surface area contributed by atoms with Crippen molar-refractivity contribution in [1.82, 2.24) is 16.2 Å². The largest absolute Gasteiger partial charge is 0.507 e. The van der Waals surface area contributed by atoms with Crippen molar-refractivity contribution in [3.05, 3.63) is 52.4 Å². The van der Waals surface area contributed by atoms with Crippen molar-refractivity contribution in [1.29, 1.82) is 0 Å². The number of carbonyl (C=O) groups is 2. The van der Waals surface area contributed by atoms with Crippen molar-refractivity contribution in [3.63, 3.8) is 0 Å². The molecule has 0 aliphatic carbocycles. The molecule has 2 aromatic rings. The van der Waals surface area contributed by atoms with Crippen LogP contribution >= 0.6 is 28.1 Å². The van der Waals surface area contributed by atoms with Crippen LogP contribution in [0.25, 0.3) is 0 Å². The van der Waals surface area contributed by atoms with Gasteiger partial charge in [-0.05, 0) is 52.4 Å². The zero-order chi connectivity index (χ0) is 16.1. The lowest BCUT2D eigenvalue weighted by molar-refractivity contribution is 0.0924. The summed E-state index contributed by atoms with van der Waals surface area (Å²) in [6, 6.07) is 9.03. The Morgan fingerprint density at radius 2 is 1.82 bits per heavy atom. The number of hydrogen-bond acceptors (Lipinski definition) is 5. The third kappa shape index (κ3) is 4.06. The van der Waals surface area contributed by atoms with E-state index in [0.29, 0.717) is 4.67 Å². The molecule has 1 aromatic heterocycles. The van der Waals surface area contributed by atoms with E-state index >= 15 is 0 Å². The maximum atomic E-state index is 11.8. The molecule has 22 heavy (non-hydrogen) atoms. The Balaban J connectivity index is 1.87. The number of hydrazine groups is 1. The topological polar surface area (TPSA) is 104 Å². The first-order valence-corrected chi connectivity index (χ1v) is 7.12. The molecule has 1 aromatic carbocycles. The zero-order valence-corrected chi connectivity index (χ0v) is 13.3. The number of aromatic hydroxyl groups is 1. The van der Waals surface area contributed by atoms with Gasteiger partial charge in [-0.1, -0.05) is 12.1 Å². The van der Waals surface area contributed by atoms with E-state index in [9.17, 15) is 14.7 Å². The summed E-state index contributed by atoms with van der Waals surface area (Å²) >= 11 is 7.94. The average Bonchev–Trinajstić information content (AvgIpc) is 2.92. The Hall–Kier alpha value is -2.39. The first-order valence-electron chi connectivity index (χ1n) is 5.92. The van der Waals surface area contributed by atoms with Gasteiger partial charge in [-0.2, -0.15) is 0 Å². The van der Waals surface area contributed by atoms with E-state index in [4.69, 9.17) is 16.6 Å². The number of phenols is 1. The summed E-state index contributed by atoms with van der Waals surface area (Å²) in [7, 11) is 0. The van der Waals surface area contributed by atoms with E-state index in [0.717, 1.165) is 0 Å². The van der Waals surface area contributed by atoms with E-state index in [2.05, 4.69) is 32.1 Å². The summed E-state index contributed by atoms with van der Waals surface area (Å²) in [6.45, 7) is 0. The van der Waals surface area contributed by atoms with Crippen molar-refractivity contribution in [2.45, 2.75) is 0 Å². The van der Waals surface area contributed by atoms with Crippen LogP contribution in [0, 0.1) is 0 Å². The number of carbonyl (C=O) groups excluding carboxylic acids is 2. The fourth-order valence-electron chi connectivity index (χ4n) is 1.48. The number of nitrogens with one attached hydrogen (secondary N) is 3. The molecule has 0 saturated carbocycles. The molecule has 2 amide bonds. The number of amides is 2. The monoisotopic (exact) mass is 383 g/mol. The first-order chi connectivity index (χ1) is 10.5. The van der Waals surface area contributed by atoms with Gasteiger partial charge in [-0.15, -0.1) is 0 Å². The van der Waals surface area contributed by atoms with Crippen LogP contribution in [0.2, 0.25) is 0 Å². The molecular weight excluding hydrogens is 374 g/mol. The molecule has 2 rings (SSSR count). The molecule has 4 N–H and O–H groups in total. The molecular formula is C13H10BrN3O4S. The number of phenolic OH excluding ortho intramolecular Hbond substituents is 1. The molecule has 0 aliphatic heterocycles. The lowest BCUT2D eigenvalue weighted by Crippen LogP contribution is -2.48. The number of rotatable bonds is 2. The molecule has 0 bridgehead atoms. The fraction of sp³-hybridized carbons (Fsp3) is 0. The van der Waals surface area contributed by atoms with Gasteiger partial charge in [0.25, 0.3) is 11.8 Å². The second-order valence-electron chi connectivity index (χ2n) is 3.98. The maximum Gasteiger partial charge on any atom is 0.293 e. The summed E-state index contributed by atoms with van der Waals surface area (Å²) in [6.07, 6.45) is 0.